The van der Waals surface area contributed by atoms with Gasteiger partial charge >= 0.3 is 0 Å². The number of hydrogen-bond acceptors (Lipinski definition) is 3. The first kappa shape index (κ1) is 9.13. The fraction of sp³-hybridized carbons (Fsp3) is 1.00. The molecule has 4 heterocycles. The second-order valence-corrected chi connectivity index (χ2v) is 4.77. The van der Waals surface area contributed by atoms with E-state index in [0.717, 1.165) is 25.7 Å². The van der Waals surface area contributed by atoms with Crippen LogP contribution in [0.1, 0.15) is 19.3 Å². The highest BCUT2D eigenvalue weighted by Gasteiger charge is 2.39. The van der Waals surface area contributed by atoms with E-state index in [9.17, 15) is 0 Å². The zero-order valence-corrected chi connectivity index (χ0v) is 8.65. The molecule has 14 heavy (non-hydrogen) atoms. The first-order valence-electron chi connectivity index (χ1n) is 5.87. The van der Waals surface area contributed by atoms with Gasteiger partial charge in [0.1, 0.15) is 0 Å². The summed E-state index contributed by atoms with van der Waals surface area (Å²) < 4.78 is 11.3. The molecule has 0 saturated carbocycles. The van der Waals surface area contributed by atoms with E-state index in [1.807, 2.05) is 0 Å². The van der Waals surface area contributed by atoms with Crippen molar-refractivity contribution in [3.05, 3.63) is 0 Å². The second kappa shape index (κ2) is 3.80. The van der Waals surface area contributed by atoms with Gasteiger partial charge in [0.15, 0.2) is 0 Å². The van der Waals surface area contributed by atoms with E-state index in [2.05, 4.69) is 4.90 Å². The van der Waals surface area contributed by atoms with Crippen molar-refractivity contribution < 1.29 is 9.47 Å². The minimum absolute atomic E-state index is 0.354. The summed E-state index contributed by atoms with van der Waals surface area (Å²) >= 11 is 0. The number of ether oxygens (including phenoxy) is 2. The normalized spacial score (nSPS) is 48.0. The van der Waals surface area contributed by atoms with Gasteiger partial charge < -0.3 is 9.47 Å². The summed E-state index contributed by atoms with van der Waals surface area (Å²) in [6.45, 7) is 4.96. The molecule has 0 N–H and O–H groups in total. The molecule has 0 amide bonds. The molecule has 3 nitrogen and oxygen atoms in total. The third kappa shape index (κ3) is 1.58. The van der Waals surface area contributed by atoms with Gasteiger partial charge in [0.25, 0.3) is 0 Å². The Hall–Kier alpha value is -0.120. The summed E-state index contributed by atoms with van der Waals surface area (Å²) in [4.78, 5) is 2.61. The van der Waals surface area contributed by atoms with Crippen LogP contribution in [0.5, 0.6) is 0 Å². The Bertz CT molecular complexity index is 195. The highest BCUT2D eigenvalue weighted by atomic mass is 16.6. The zero-order chi connectivity index (χ0) is 9.38. The average molecular weight is 197 g/mol. The number of hydrogen-bond donors (Lipinski definition) is 0. The number of fused-ring (bicyclic) bond motifs is 3. The minimum Gasteiger partial charge on any atom is -0.376 e. The van der Waals surface area contributed by atoms with Crippen LogP contribution in [0.2, 0.25) is 0 Å². The van der Waals surface area contributed by atoms with Crippen molar-refractivity contribution in [2.45, 2.75) is 31.4 Å². The van der Waals surface area contributed by atoms with E-state index in [0.29, 0.717) is 12.1 Å². The van der Waals surface area contributed by atoms with Crippen LogP contribution in [0, 0.1) is 5.92 Å². The Labute approximate surface area is 85.4 Å². The van der Waals surface area contributed by atoms with Crippen LogP contribution in [-0.4, -0.2) is 50.0 Å². The van der Waals surface area contributed by atoms with E-state index in [1.54, 1.807) is 0 Å². The molecule has 0 aromatic rings. The maximum absolute atomic E-state index is 5.80. The van der Waals surface area contributed by atoms with Crippen molar-refractivity contribution in [1.29, 1.82) is 0 Å². The van der Waals surface area contributed by atoms with Gasteiger partial charge in [-0.25, -0.2) is 0 Å². The Morgan fingerprint density at radius 3 is 2.50 bits per heavy atom. The lowest BCUT2D eigenvalue weighted by Gasteiger charge is -2.48. The Morgan fingerprint density at radius 2 is 1.93 bits per heavy atom. The van der Waals surface area contributed by atoms with Crippen molar-refractivity contribution in [2.24, 2.45) is 5.92 Å². The number of rotatable bonds is 1. The average Bonchev–Trinajstić information content (AvgIpc) is 2.32. The van der Waals surface area contributed by atoms with Crippen LogP contribution in [0.4, 0.5) is 0 Å². The monoisotopic (exact) mass is 197 g/mol. The highest BCUT2D eigenvalue weighted by Crippen LogP contribution is 2.34. The first-order chi connectivity index (χ1) is 6.93. The molecule has 4 aliphatic rings. The van der Waals surface area contributed by atoms with Crippen molar-refractivity contribution in [2.75, 3.05) is 32.9 Å². The van der Waals surface area contributed by atoms with E-state index in [4.69, 9.17) is 9.47 Å². The van der Waals surface area contributed by atoms with Crippen molar-refractivity contribution in [1.82, 2.24) is 4.90 Å². The lowest BCUT2D eigenvalue weighted by Crippen LogP contribution is -2.56. The van der Waals surface area contributed by atoms with Crippen LogP contribution in [0.25, 0.3) is 0 Å². The molecule has 0 aromatic heterocycles. The highest BCUT2D eigenvalue weighted by molar-refractivity contribution is 4.92. The maximum atomic E-state index is 5.80. The minimum atomic E-state index is 0.354. The van der Waals surface area contributed by atoms with E-state index in [-0.39, 0.29) is 0 Å². The number of piperidine rings is 3. The zero-order valence-electron chi connectivity index (χ0n) is 8.65. The molecule has 4 fully saturated rings. The fourth-order valence-corrected chi connectivity index (χ4v) is 3.13. The van der Waals surface area contributed by atoms with Gasteiger partial charge in [-0.2, -0.15) is 0 Å². The SMILES string of the molecule is C1COC(C2CC3CCN2CC3)CO1. The van der Waals surface area contributed by atoms with Gasteiger partial charge in [-0.05, 0) is 38.3 Å². The van der Waals surface area contributed by atoms with E-state index in [1.165, 1.54) is 32.4 Å². The summed E-state index contributed by atoms with van der Waals surface area (Å²) in [6.07, 6.45) is 4.51. The molecule has 2 bridgehead atoms. The van der Waals surface area contributed by atoms with Gasteiger partial charge in [0.05, 0.1) is 25.9 Å². The van der Waals surface area contributed by atoms with Crippen LogP contribution in [-0.2, 0) is 9.47 Å². The van der Waals surface area contributed by atoms with Crippen LogP contribution in [0.15, 0.2) is 0 Å². The predicted octanol–water partition coefficient (Wildman–Crippen LogP) is 0.886. The molecule has 3 heteroatoms. The van der Waals surface area contributed by atoms with Gasteiger partial charge in [-0.3, -0.25) is 4.90 Å². The standard InChI is InChI=1S/C11H19NO2/c1-3-12-4-2-9(1)7-10(12)11-8-13-5-6-14-11/h9-11H,1-8H2. The molecule has 2 unspecified atom stereocenters. The lowest BCUT2D eigenvalue weighted by molar-refractivity contribution is -0.137. The molecule has 4 saturated heterocycles. The van der Waals surface area contributed by atoms with E-state index >= 15 is 0 Å². The lowest BCUT2D eigenvalue weighted by atomic mass is 9.81. The Kier molecular flexibility index (Phi) is 2.48. The van der Waals surface area contributed by atoms with Gasteiger partial charge in [-0.15, -0.1) is 0 Å². The molecule has 4 aliphatic heterocycles. The summed E-state index contributed by atoms with van der Waals surface area (Å²) in [5, 5.41) is 0. The summed E-state index contributed by atoms with van der Waals surface area (Å²) in [6, 6.07) is 0.655. The molecule has 0 radical (unpaired) electrons. The van der Waals surface area contributed by atoms with Crippen LogP contribution < -0.4 is 0 Å². The topological polar surface area (TPSA) is 21.7 Å². The first-order valence-corrected chi connectivity index (χ1v) is 5.87. The summed E-state index contributed by atoms with van der Waals surface area (Å²) in [7, 11) is 0. The third-order valence-electron chi connectivity index (χ3n) is 3.96. The van der Waals surface area contributed by atoms with Crippen molar-refractivity contribution in [3.8, 4) is 0 Å². The molecule has 0 aromatic carbocycles. The van der Waals surface area contributed by atoms with Crippen LogP contribution >= 0.6 is 0 Å². The van der Waals surface area contributed by atoms with Crippen LogP contribution in [0.3, 0.4) is 0 Å². The van der Waals surface area contributed by atoms with E-state index < -0.39 is 0 Å². The van der Waals surface area contributed by atoms with Gasteiger partial charge in [0.2, 0.25) is 0 Å². The summed E-state index contributed by atoms with van der Waals surface area (Å²) in [5.74, 6) is 0.968. The molecule has 2 atom stereocenters. The second-order valence-electron chi connectivity index (χ2n) is 4.77. The van der Waals surface area contributed by atoms with Gasteiger partial charge in [0, 0.05) is 6.04 Å². The quantitative estimate of drug-likeness (QED) is 0.623. The Morgan fingerprint density at radius 1 is 1.07 bits per heavy atom. The molecule has 4 rings (SSSR count). The maximum Gasteiger partial charge on any atom is 0.0964 e. The number of nitrogens with zero attached hydrogens (tertiary/aromatic N) is 1. The molecular formula is C11H19NO2. The summed E-state index contributed by atoms with van der Waals surface area (Å²) in [5.41, 5.74) is 0. The molecule has 0 aliphatic carbocycles. The Balaban J connectivity index is 1.66. The van der Waals surface area contributed by atoms with Gasteiger partial charge in [-0.1, -0.05) is 0 Å². The van der Waals surface area contributed by atoms with Crippen molar-refractivity contribution in [3.63, 3.8) is 0 Å². The molecule has 0 spiro atoms. The largest absolute Gasteiger partial charge is 0.376 e. The molecular weight excluding hydrogens is 178 g/mol. The van der Waals surface area contributed by atoms with Crippen molar-refractivity contribution >= 4 is 0 Å². The predicted molar refractivity (Wildman–Crippen MR) is 53.3 cm³/mol. The smallest absolute Gasteiger partial charge is 0.0964 e. The fourth-order valence-electron chi connectivity index (χ4n) is 3.13. The molecule has 80 valence electrons. The third-order valence-corrected chi connectivity index (χ3v) is 3.96.